The normalized spacial score (nSPS) is 11.6. The Labute approximate surface area is 133 Å². The van der Waals surface area contributed by atoms with Crippen LogP contribution in [-0.2, 0) is 16.4 Å². The lowest BCUT2D eigenvalue weighted by molar-refractivity contribution is 0.602. The van der Waals surface area contributed by atoms with Crippen LogP contribution in [0.4, 0.5) is 10.2 Å². The molecule has 2 aromatic carbocycles. The van der Waals surface area contributed by atoms with Crippen molar-refractivity contribution < 1.29 is 12.8 Å². The van der Waals surface area contributed by atoms with E-state index < -0.39 is 9.84 Å². The van der Waals surface area contributed by atoms with E-state index in [1.807, 2.05) is 6.07 Å². The van der Waals surface area contributed by atoms with Crippen molar-refractivity contribution in [2.24, 2.45) is 0 Å². The first-order valence-electron chi connectivity index (χ1n) is 7.01. The number of hydrogen-bond donors (Lipinski definition) is 1. The first-order chi connectivity index (χ1) is 10.9. The summed E-state index contributed by atoms with van der Waals surface area (Å²) >= 11 is 0. The number of rotatable bonds is 4. The lowest BCUT2D eigenvalue weighted by Gasteiger charge is -2.08. The minimum atomic E-state index is -3.23. The molecule has 0 atom stereocenters. The highest BCUT2D eigenvalue weighted by Crippen LogP contribution is 2.20. The van der Waals surface area contributed by atoms with E-state index in [1.165, 1.54) is 18.4 Å². The Hall–Kier alpha value is -2.47. The van der Waals surface area contributed by atoms with Gasteiger partial charge >= 0.3 is 0 Å². The summed E-state index contributed by atoms with van der Waals surface area (Å²) in [5.41, 5.74) is 1.65. The van der Waals surface area contributed by atoms with Gasteiger partial charge in [0.2, 0.25) is 0 Å². The molecule has 1 N–H and O–H groups in total. The Bertz CT molecular complexity index is 954. The Morgan fingerprint density at radius 1 is 1.04 bits per heavy atom. The molecule has 0 saturated carbocycles. The van der Waals surface area contributed by atoms with Crippen LogP contribution >= 0.6 is 0 Å². The van der Waals surface area contributed by atoms with Gasteiger partial charge in [0.15, 0.2) is 9.84 Å². The monoisotopic (exact) mass is 330 g/mol. The molecule has 3 aromatic rings. The summed E-state index contributed by atoms with van der Waals surface area (Å²) < 4.78 is 36.0. The predicted octanol–water partition coefficient (Wildman–Crippen LogP) is 3.39. The first kappa shape index (κ1) is 15.4. The number of aromatic nitrogens is 1. The van der Waals surface area contributed by atoms with Crippen LogP contribution in [0.2, 0.25) is 0 Å². The molecule has 0 aliphatic carbocycles. The second-order valence-electron chi connectivity index (χ2n) is 5.30. The molecule has 0 radical (unpaired) electrons. The van der Waals surface area contributed by atoms with E-state index in [0.717, 1.165) is 10.9 Å². The summed E-state index contributed by atoms with van der Waals surface area (Å²) in [7, 11) is -3.23. The van der Waals surface area contributed by atoms with Crippen molar-refractivity contribution in [2.75, 3.05) is 11.6 Å². The second-order valence-corrected chi connectivity index (χ2v) is 7.32. The molecule has 3 rings (SSSR count). The van der Waals surface area contributed by atoms with Gasteiger partial charge < -0.3 is 5.32 Å². The van der Waals surface area contributed by atoms with Crippen LogP contribution in [-0.4, -0.2) is 19.7 Å². The van der Waals surface area contributed by atoms with Crippen LogP contribution in [0.15, 0.2) is 59.5 Å². The van der Waals surface area contributed by atoms with Gasteiger partial charge in [-0.2, -0.15) is 0 Å². The molecule has 0 aliphatic heterocycles. The molecule has 6 heteroatoms. The van der Waals surface area contributed by atoms with Crippen molar-refractivity contribution in [3.05, 3.63) is 66.0 Å². The standard InChI is InChI=1S/C17H15FN2O2S/c1-23(21,22)15-7-8-16-13(10-15)4-9-17(20-16)19-11-12-2-5-14(18)6-3-12/h2-10H,11H2,1H3,(H,19,20). The molecule has 23 heavy (non-hydrogen) atoms. The summed E-state index contributed by atoms with van der Waals surface area (Å²) in [6, 6.07) is 14.7. The zero-order valence-electron chi connectivity index (χ0n) is 12.5. The number of benzene rings is 2. The van der Waals surface area contributed by atoms with E-state index in [2.05, 4.69) is 10.3 Å². The number of halogens is 1. The number of nitrogens with zero attached hydrogens (tertiary/aromatic N) is 1. The van der Waals surface area contributed by atoms with Crippen LogP contribution in [0.5, 0.6) is 0 Å². The third-order valence-electron chi connectivity index (χ3n) is 3.48. The second kappa shape index (κ2) is 5.96. The van der Waals surface area contributed by atoms with E-state index in [-0.39, 0.29) is 10.7 Å². The van der Waals surface area contributed by atoms with Gasteiger partial charge in [-0.3, -0.25) is 0 Å². The van der Waals surface area contributed by atoms with E-state index in [1.54, 1.807) is 36.4 Å². The number of anilines is 1. The van der Waals surface area contributed by atoms with Gasteiger partial charge in [0.25, 0.3) is 0 Å². The molecule has 0 spiro atoms. The van der Waals surface area contributed by atoms with Crippen LogP contribution in [0.3, 0.4) is 0 Å². The molecule has 1 aromatic heterocycles. The van der Waals surface area contributed by atoms with Crippen molar-refractivity contribution in [2.45, 2.75) is 11.4 Å². The topological polar surface area (TPSA) is 59.1 Å². The lowest BCUT2D eigenvalue weighted by atomic mass is 10.2. The molecule has 0 saturated heterocycles. The Balaban J connectivity index is 1.81. The zero-order chi connectivity index (χ0) is 16.4. The third-order valence-corrected chi connectivity index (χ3v) is 4.59. The fraction of sp³-hybridized carbons (Fsp3) is 0.118. The van der Waals surface area contributed by atoms with Gasteiger partial charge in [0.1, 0.15) is 11.6 Å². The van der Waals surface area contributed by atoms with E-state index in [4.69, 9.17) is 0 Å². The van der Waals surface area contributed by atoms with Gasteiger partial charge in [0.05, 0.1) is 10.4 Å². The maximum absolute atomic E-state index is 12.9. The van der Waals surface area contributed by atoms with Gasteiger partial charge in [-0.05, 0) is 48.0 Å². The van der Waals surface area contributed by atoms with Gasteiger partial charge in [-0.1, -0.05) is 12.1 Å². The largest absolute Gasteiger partial charge is 0.366 e. The number of nitrogens with one attached hydrogen (secondary N) is 1. The molecule has 118 valence electrons. The van der Waals surface area contributed by atoms with E-state index >= 15 is 0 Å². The smallest absolute Gasteiger partial charge is 0.175 e. The fourth-order valence-corrected chi connectivity index (χ4v) is 2.88. The lowest BCUT2D eigenvalue weighted by Crippen LogP contribution is -2.02. The molecule has 1 heterocycles. The van der Waals surface area contributed by atoms with Crippen molar-refractivity contribution in [3.63, 3.8) is 0 Å². The summed E-state index contributed by atoms with van der Waals surface area (Å²) in [5.74, 6) is 0.410. The number of hydrogen-bond acceptors (Lipinski definition) is 4. The summed E-state index contributed by atoms with van der Waals surface area (Å²) in [5, 5.41) is 3.93. The quantitative estimate of drug-likeness (QED) is 0.796. The summed E-state index contributed by atoms with van der Waals surface area (Å²) in [6.07, 6.45) is 1.18. The molecule has 0 unspecified atom stereocenters. The molecular weight excluding hydrogens is 315 g/mol. The van der Waals surface area contributed by atoms with Crippen LogP contribution in [0, 0.1) is 5.82 Å². The first-order valence-corrected chi connectivity index (χ1v) is 8.90. The SMILES string of the molecule is CS(=O)(=O)c1ccc2nc(NCc3ccc(F)cc3)ccc2c1. The number of fused-ring (bicyclic) bond motifs is 1. The molecule has 0 bridgehead atoms. The molecular formula is C17H15FN2O2S. The maximum Gasteiger partial charge on any atom is 0.175 e. The molecule has 4 nitrogen and oxygen atoms in total. The van der Waals surface area contributed by atoms with Crippen molar-refractivity contribution >= 4 is 26.6 Å². The summed E-state index contributed by atoms with van der Waals surface area (Å²) in [4.78, 5) is 4.73. The molecule has 0 fully saturated rings. The van der Waals surface area contributed by atoms with Crippen LogP contribution < -0.4 is 5.32 Å². The highest BCUT2D eigenvalue weighted by atomic mass is 32.2. The predicted molar refractivity (Wildman–Crippen MR) is 88.6 cm³/mol. The summed E-state index contributed by atoms with van der Waals surface area (Å²) in [6.45, 7) is 0.528. The fourth-order valence-electron chi connectivity index (χ4n) is 2.23. The van der Waals surface area contributed by atoms with Crippen LogP contribution in [0.25, 0.3) is 10.9 Å². The highest BCUT2D eigenvalue weighted by molar-refractivity contribution is 7.90. The van der Waals surface area contributed by atoms with Gasteiger partial charge in [-0.25, -0.2) is 17.8 Å². The van der Waals surface area contributed by atoms with Gasteiger partial charge in [0, 0.05) is 18.2 Å². The number of sulfone groups is 1. The number of pyridine rings is 1. The maximum atomic E-state index is 12.9. The Morgan fingerprint density at radius 3 is 2.48 bits per heavy atom. The Morgan fingerprint density at radius 2 is 1.78 bits per heavy atom. The minimum Gasteiger partial charge on any atom is -0.366 e. The van der Waals surface area contributed by atoms with E-state index in [0.29, 0.717) is 17.9 Å². The zero-order valence-corrected chi connectivity index (χ0v) is 13.3. The molecule has 0 amide bonds. The third kappa shape index (κ3) is 3.65. The van der Waals surface area contributed by atoms with Crippen LogP contribution in [0.1, 0.15) is 5.56 Å². The highest BCUT2D eigenvalue weighted by Gasteiger charge is 2.08. The van der Waals surface area contributed by atoms with Crippen molar-refractivity contribution in [1.82, 2.24) is 4.98 Å². The van der Waals surface area contributed by atoms with Gasteiger partial charge in [-0.15, -0.1) is 0 Å². The average Bonchev–Trinajstić information content (AvgIpc) is 2.53. The van der Waals surface area contributed by atoms with E-state index in [9.17, 15) is 12.8 Å². The minimum absolute atomic E-state index is 0.265. The Kier molecular flexibility index (Phi) is 4.00. The van der Waals surface area contributed by atoms with Crippen molar-refractivity contribution in [3.8, 4) is 0 Å². The average molecular weight is 330 g/mol. The molecule has 0 aliphatic rings. The van der Waals surface area contributed by atoms with Crippen molar-refractivity contribution in [1.29, 1.82) is 0 Å².